The molecule has 2 fully saturated rings. The van der Waals surface area contributed by atoms with Gasteiger partial charge in [0.1, 0.15) is 11.9 Å². The summed E-state index contributed by atoms with van der Waals surface area (Å²) in [5.41, 5.74) is 8.35. The maximum Gasteiger partial charge on any atom is 0.490 e. The number of nitrogens with two attached hydrogens (primary N) is 1. The van der Waals surface area contributed by atoms with Crippen LogP contribution in [-0.4, -0.2) is 94.2 Å². The summed E-state index contributed by atoms with van der Waals surface area (Å²) in [6.45, 7) is 1.89. The van der Waals surface area contributed by atoms with Crippen LogP contribution in [0.25, 0.3) is 0 Å². The fraction of sp³-hybridized carbons (Fsp3) is 0.414. The summed E-state index contributed by atoms with van der Waals surface area (Å²) < 4.78 is 63.5. The van der Waals surface area contributed by atoms with E-state index in [-0.39, 0.29) is 23.7 Å². The van der Waals surface area contributed by atoms with E-state index in [1.165, 1.54) is 5.56 Å². The molecule has 2 heterocycles. The predicted octanol–water partition coefficient (Wildman–Crippen LogP) is 3.33. The Bertz CT molecular complexity index is 1350. The lowest BCUT2D eigenvalue weighted by atomic mass is 9.84. The number of likely N-dealkylation sites (N-methyl/N-ethyl adjacent to an activating group) is 1. The average molecular weight is 662 g/mol. The fourth-order valence-electron chi connectivity index (χ4n) is 4.62. The van der Waals surface area contributed by atoms with Crippen LogP contribution in [-0.2, 0) is 25.7 Å². The first-order chi connectivity index (χ1) is 21.3. The number of alkyl halides is 6. The highest BCUT2D eigenvalue weighted by atomic mass is 19.4. The first-order valence-electron chi connectivity index (χ1n) is 13.7. The Balaban J connectivity index is 0.000000440. The van der Waals surface area contributed by atoms with Gasteiger partial charge in [0.15, 0.2) is 0 Å². The summed E-state index contributed by atoms with van der Waals surface area (Å²) in [7, 11) is 2.00. The SMILES string of the molecule is CN1CC[C@H](c2ccccc2)C[C@@H]1C(=O)N1CC[C@H]1C(=O)NCc1ccc(C(=N)N)cc1.O=C(O)C(F)(F)F.O=C(O)C(F)(F)F. The molecule has 2 aromatic carbocycles. The van der Waals surface area contributed by atoms with Crippen LogP contribution in [0.15, 0.2) is 54.6 Å². The van der Waals surface area contributed by atoms with Crippen LogP contribution in [0.1, 0.15) is 41.9 Å². The van der Waals surface area contributed by atoms with Gasteiger partial charge in [-0.25, -0.2) is 9.59 Å². The van der Waals surface area contributed by atoms with Crippen molar-refractivity contribution < 1.29 is 55.7 Å². The minimum absolute atomic E-state index is 0.0198. The number of rotatable bonds is 6. The molecule has 0 aromatic heterocycles. The smallest absolute Gasteiger partial charge is 0.475 e. The van der Waals surface area contributed by atoms with Crippen molar-refractivity contribution in [3.63, 3.8) is 0 Å². The van der Waals surface area contributed by atoms with Crippen LogP contribution < -0.4 is 11.1 Å². The Kier molecular flexibility index (Phi) is 13.1. The highest BCUT2D eigenvalue weighted by Crippen LogP contribution is 2.33. The highest BCUT2D eigenvalue weighted by Gasteiger charge is 2.43. The number of likely N-dealkylation sites (tertiary alicyclic amines) is 2. The normalized spacial score (nSPS) is 19.6. The monoisotopic (exact) mass is 661 g/mol. The van der Waals surface area contributed by atoms with E-state index in [0.29, 0.717) is 31.0 Å². The zero-order chi connectivity index (χ0) is 34.8. The molecule has 46 heavy (non-hydrogen) atoms. The Hall–Kier alpha value is -4.67. The van der Waals surface area contributed by atoms with Crippen molar-refractivity contribution in [2.24, 2.45) is 5.73 Å². The lowest BCUT2D eigenvalue weighted by molar-refractivity contribution is -0.193. The van der Waals surface area contributed by atoms with E-state index in [1.54, 1.807) is 17.0 Å². The summed E-state index contributed by atoms with van der Waals surface area (Å²) in [6, 6.07) is 17.0. The third kappa shape index (κ3) is 11.0. The van der Waals surface area contributed by atoms with Gasteiger partial charge >= 0.3 is 24.3 Å². The first-order valence-corrected chi connectivity index (χ1v) is 13.7. The van der Waals surface area contributed by atoms with E-state index in [1.807, 2.05) is 37.4 Å². The van der Waals surface area contributed by atoms with Gasteiger partial charge in [-0.1, -0.05) is 54.6 Å². The number of carbonyl (C=O) groups excluding carboxylic acids is 2. The van der Waals surface area contributed by atoms with E-state index in [4.69, 9.17) is 30.9 Å². The quantitative estimate of drug-likeness (QED) is 0.178. The van der Waals surface area contributed by atoms with Gasteiger partial charge in [0.05, 0.1) is 6.04 Å². The maximum absolute atomic E-state index is 13.3. The van der Waals surface area contributed by atoms with Crippen molar-refractivity contribution >= 4 is 29.6 Å². The molecule has 2 saturated heterocycles. The fourth-order valence-corrected chi connectivity index (χ4v) is 4.62. The van der Waals surface area contributed by atoms with Crippen molar-refractivity contribution in [3.05, 3.63) is 71.3 Å². The largest absolute Gasteiger partial charge is 0.490 e. The van der Waals surface area contributed by atoms with E-state index in [2.05, 4.69) is 22.3 Å². The van der Waals surface area contributed by atoms with Gasteiger partial charge in [0.2, 0.25) is 11.8 Å². The van der Waals surface area contributed by atoms with Crippen LogP contribution in [0.4, 0.5) is 26.3 Å². The lowest BCUT2D eigenvalue weighted by Gasteiger charge is -2.45. The van der Waals surface area contributed by atoms with Crippen molar-refractivity contribution in [2.45, 2.75) is 56.2 Å². The number of aliphatic carboxylic acids is 2. The van der Waals surface area contributed by atoms with Crippen LogP contribution in [0.3, 0.4) is 0 Å². The number of nitrogen functional groups attached to an aromatic ring is 1. The number of nitrogens with one attached hydrogen (secondary N) is 2. The van der Waals surface area contributed by atoms with Crippen molar-refractivity contribution in [2.75, 3.05) is 20.1 Å². The molecule has 3 atom stereocenters. The average Bonchev–Trinajstić information content (AvgIpc) is 2.96. The molecular weight excluding hydrogens is 628 g/mol. The number of hydrogen-bond donors (Lipinski definition) is 5. The van der Waals surface area contributed by atoms with Gasteiger partial charge in [0.25, 0.3) is 0 Å². The van der Waals surface area contributed by atoms with E-state index in [9.17, 15) is 35.9 Å². The molecule has 2 aliphatic rings. The molecule has 4 rings (SSSR count). The molecule has 0 saturated carbocycles. The van der Waals surface area contributed by atoms with Crippen LogP contribution in [0.2, 0.25) is 0 Å². The zero-order valence-electron chi connectivity index (χ0n) is 24.4. The van der Waals surface area contributed by atoms with Gasteiger partial charge in [-0.05, 0) is 49.9 Å². The van der Waals surface area contributed by atoms with Crippen molar-refractivity contribution in [1.29, 1.82) is 5.41 Å². The molecule has 2 amide bonds. The minimum Gasteiger partial charge on any atom is -0.475 e. The summed E-state index contributed by atoms with van der Waals surface area (Å²) in [5, 5.41) is 24.7. The van der Waals surface area contributed by atoms with Gasteiger partial charge in [-0.3, -0.25) is 19.9 Å². The topological polar surface area (TPSA) is 177 Å². The third-order valence-electron chi connectivity index (χ3n) is 7.25. The lowest BCUT2D eigenvalue weighted by Crippen LogP contribution is -2.62. The molecular formula is C29H33F6N5O6. The number of carboxylic acid groups (broad SMARTS) is 2. The Morgan fingerprint density at radius 1 is 0.870 bits per heavy atom. The molecule has 0 spiro atoms. The highest BCUT2D eigenvalue weighted by molar-refractivity contribution is 5.95. The second-order valence-corrected chi connectivity index (χ2v) is 10.4. The minimum atomic E-state index is -5.08. The van der Waals surface area contributed by atoms with Gasteiger partial charge in [-0.2, -0.15) is 26.3 Å². The van der Waals surface area contributed by atoms with Gasteiger partial charge in [-0.15, -0.1) is 0 Å². The first kappa shape index (κ1) is 37.5. The number of piperidine rings is 1. The molecule has 11 nitrogen and oxygen atoms in total. The zero-order valence-corrected chi connectivity index (χ0v) is 24.4. The van der Waals surface area contributed by atoms with E-state index >= 15 is 0 Å². The standard InChI is InChI=1S/C25H31N5O2.2C2HF3O2/c1-29-13-11-20(18-5-3-2-4-6-18)15-22(29)25(32)30-14-12-21(30)24(31)28-16-17-7-9-19(10-8-17)23(26)27;2*3-2(4,5)1(6)7/h2-10,20-22H,11-16H2,1H3,(H3,26,27)(H,28,31);2*(H,6,7)/t20-,21-,22+;;/m0../s1. The van der Waals surface area contributed by atoms with Crippen LogP contribution in [0, 0.1) is 5.41 Å². The maximum atomic E-state index is 13.3. The summed E-state index contributed by atoms with van der Waals surface area (Å²) in [6.07, 6.45) is -7.65. The number of amidine groups is 1. The molecule has 6 N–H and O–H groups in total. The van der Waals surface area contributed by atoms with Gasteiger partial charge < -0.3 is 26.2 Å². The molecule has 0 unspecified atom stereocenters. The van der Waals surface area contributed by atoms with Gasteiger partial charge in [0, 0.05) is 18.7 Å². The number of halogens is 6. The number of nitrogens with zero attached hydrogens (tertiary/aromatic N) is 2. The molecule has 2 aliphatic heterocycles. The number of carboxylic acids is 2. The van der Waals surface area contributed by atoms with E-state index in [0.717, 1.165) is 24.9 Å². The molecule has 17 heteroatoms. The molecule has 0 bridgehead atoms. The molecule has 2 aromatic rings. The second kappa shape index (κ2) is 16.1. The molecule has 0 radical (unpaired) electrons. The number of amides is 2. The third-order valence-corrected chi connectivity index (χ3v) is 7.25. The Labute approximate surface area is 259 Å². The van der Waals surface area contributed by atoms with E-state index < -0.39 is 30.3 Å². The number of carbonyl (C=O) groups is 4. The summed E-state index contributed by atoms with van der Waals surface area (Å²) in [5.74, 6) is -5.18. The summed E-state index contributed by atoms with van der Waals surface area (Å²) >= 11 is 0. The molecule has 252 valence electrons. The second-order valence-electron chi connectivity index (χ2n) is 10.4. The summed E-state index contributed by atoms with van der Waals surface area (Å²) in [4.78, 5) is 47.8. The van der Waals surface area contributed by atoms with Crippen molar-refractivity contribution in [1.82, 2.24) is 15.1 Å². The predicted molar refractivity (Wildman–Crippen MR) is 152 cm³/mol. The number of hydrogen-bond acceptors (Lipinski definition) is 6. The molecule has 0 aliphatic carbocycles. The van der Waals surface area contributed by atoms with Crippen molar-refractivity contribution in [3.8, 4) is 0 Å². The van der Waals surface area contributed by atoms with Crippen LogP contribution >= 0.6 is 0 Å². The number of benzene rings is 2. The van der Waals surface area contributed by atoms with Crippen LogP contribution in [0.5, 0.6) is 0 Å². The Morgan fingerprint density at radius 2 is 1.39 bits per heavy atom. The Morgan fingerprint density at radius 3 is 1.83 bits per heavy atom.